The number of amides is 2. The third-order valence-electron chi connectivity index (χ3n) is 2.51. The Bertz CT molecular complexity index is 447. The summed E-state index contributed by atoms with van der Waals surface area (Å²) >= 11 is 1.45. The van der Waals surface area contributed by atoms with Crippen LogP contribution in [0.2, 0.25) is 0 Å². The van der Waals surface area contributed by atoms with Gasteiger partial charge in [0.25, 0.3) is 5.91 Å². The molecule has 0 fully saturated rings. The molecule has 0 spiro atoms. The van der Waals surface area contributed by atoms with Crippen molar-refractivity contribution in [2.75, 3.05) is 31.4 Å². The van der Waals surface area contributed by atoms with Crippen molar-refractivity contribution in [3.8, 4) is 0 Å². The SMILES string of the molecule is CC(=O)NCCc1nc(C(=O)NCCC[S+](C)C)cs1. The molecule has 20 heavy (non-hydrogen) atoms. The van der Waals surface area contributed by atoms with Crippen LogP contribution in [0.3, 0.4) is 0 Å². The van der Waals surface area contributed by atoms with Crippen LogP contribution < -0.4 is 10.6 Å². The van der Waals surface area contributed by atoms with Crippen molar-refractivity contribution in [1.29, 1.82) is 0 Å². The van der Waals surface area contributed by atoms with Gasteiger partial charge in [-0.05, 0) is 10.9 Å². The van der Waals surface area contributed by atoms with Crippen LogP contribution in [0.15, 0.2) is 5.38 Å². The maximum Gasteiger partial charge on any atom is 0.270 e. The average molecular weight is 316 g/mol. The van der Waals surface area contributed by atoms with Crippen LogP contribution >= 0.6 is 11.3 Å². The predicted octanol–water partition coefficient (Wildman–Crippen LogP) is 0.819. The number of carbonyl (C=O) groups excluding carboxylic acids is 2. The number of aromatic nitrogens is 1. The smallest absolute Gasteiger partial charge is 0.270 e. The standard InChI is InChI=1S/C13H21N3O2S2/c1-10(17)14-7-5-12-16-11(9-19-12)13(18)15-6-4-8-20(2)3/h9H,4-8H2,1-3H3,(H-,14,15,17,18)/p+1. The monoisotopic (exact) mass is 316 g/mol. The molecule has 0 radical (unpaired) electrons. The molecule has 0 bridgehead atoms. The van der Waals surface area contributed by atoms with Crippen LogP contribution in [-0.4, -0.2) is 48.2 Å². The summed E-state index contributed by atoms with van der Waals surface area (Å²) in [6.45, 7) is 2.74. The van der Waals surface area contributed by atoms with Gasteiger partial charge in [0.15, 0.2) is 0 Å². The van der Waals surface area contributed by atoms with E-state index < -0.39 is 0 Å². The van der Waals surface area contributed by atoms with Gasteiger partial charge in [0, 0.05) is 38.2 Å². The molecule has 1 aromatic rings. The third-order valence-corrected chi connectivity index (χ3v) is 4.53. The Morgan fingerprint density at radius 1 is 1.30 bits per heavy atom. The van der Waals surface area contributed by atoms with E-state index in [1.807, 2.05) is 0 Å². The maximum atomic E-state index is 11.9. The van der Waals surface area contributed by atoms with Crippen molar-refractivity contribution in [1.82, 2.24) is 15.6 Å². The van der Waals surface area contributed by atoms with E-state index in [4.69, 9.17) is 0 Å². The lowest BCUT2D eigenvalue weighted by Crippen LogP contribution is -2.26. The summed E-state index contributed by atoms with van der Waals surface area (Å²) < 4.78 is 0. The second-order valence-electron chi connectivity index (χ2n) is 4.66. The maximum absolute atomic E-state index is 11.9. The quantitative estimate of drug-likeness (QED) is 0.551. The Hall–Kier alpha value is -1.08. The van der Waals surface area contributed by atoms with Crippen molar-refractivity contribution in [2.45, 2.75) is 19.8 Å². The first-order valence-electron chi connectivity index (χ1n) is 6.50. The molecule has 2 amide bonds. The normalized spacial score (nSPS) is 10.6. The lowest BCUT2D eigenvalue weighted by atomic mass is 10.4. The summed E-state index contributed by atoms with van der Waals surface area (Å²) in [6.07, 6.45) is 6.06. The summed E-state index contributed by atoms with van der Waals surface area (Å²) in [4.78, 5) is 26.9. The number of rotatable bonds is 8. The van der Waals surface area contributed by atoms with Crippen molar-refractivity contribution in [3.63, 3.8) is 0 Å². The number of hydrogen-bond donors (Lipinski definition) is 2. The molecule has 1 rings (SSSR count). The molecule has 2 N–H and O–H groups in total. The molecular formula is C13H22N3O2S2+. The fourth-order valence-electron chi connectivity index (χ4n) is 1.53. The summed E-state index contributed by atoms with van der Waals surface area (Å²) in [5.74, 6) is 0.976. The minimum Gasteiger partial charge on any atom is -0.356 e. The molecule has 1 heterocycles. The van der Waals surface area contributed by atoms with Gasteiger partial charge >= 0.3 is 0 Å². The van der Waals surface area contributed by atoms with Crippen LogP contribution in [0.25, 0.3) is 0 Å². The van der Waals surface area contributed by atoms with Gasteiger partial charge < -0.3 is 10.6 Å². The lowest BCUT2D eigenvalue weighted by molar-refractivity contribution is -0.118. The van der Waals surface area contributed by atoms with Gasteiger partial charge in [-0.2, -0.15) is 0 Å². The molecule has 0 saturated heterocycles. The van der Waals surface area contributed by atoms with E-state index in [9.17, 15) is 9.59 Å². The summed E-state index contributed by atoms with van der Waals surface area (Å²) in [5.41, 5.74) is 0.472. The van der Waals surface area contributed by atoms with Crippen LogP contribution in [0.5, 0.6) is 0 Å². The Labute approximate surface area is 126 Å². The Morgan fingerprint density at radius 3 is 2.70 bits per heavy atom. The van der Waals surface area contributed by atoms with Gasteiger partial charge in [0.2, 0.25) is 5.91 Å². The molecule has 0 aliphatic rings. The zero-order valence-corrected chi connectivity index (χ0v) is 13.8. The molecule has 7 heteroatoms. The van der Waals surface area contributed by atoms with Crippen molar-refractivity contribution >= 4 is 34.0 Å². The first-order valence-corrected chi connectivity index (χ1v) is 9.59. The zero-order valence-electron chi connectivity index (χ0n) is 12.2. The molecular weight excluding hydrogens is 294 g/mol. The molecule has 112 valence electrons. The van der Waals surface area contributed by atoms with Gasteiger partial charge in [0.05, 0.1) is 17.5 Å². The Kier molecular flexibility index (Phi) is 7.61. The molecule has 0 aliphatic heterocycles. The van der Waals surface area contributed by atoms with Crippen molar-refractivity contribution in [3.05, 3.63) is 16.1 Å². The van der Waals surface area contributed by atoms with E-state index in [1.165, 1.54) is 18.3 Å². The number of carbonyl (C=O) groups is 2. The van der Waals surface area contributed by atoms with E-state index in [2.05, 4.69) is 28.1 Å². The highest BCUT2D eigenvalue weighted by molar-refractivity contribution is 7.95. The fourth-order valence-corrected chi connectivity index (χ4v) is 3.03. The average Bonchev–Trinajstić information content (AvgIpc) is 2.82. The Morgan fingerprint density at radius 2 is 2.05 bits per heavy atom. The minimum atomic E-state index is -0.112. The van der Waals surface area contributed by atoms with Crippen LogP contribution in [0, 0.1) is 0 Å². The number of thiazole rings is 1. The fraction of sp³-hybridized carbons (Fsp3) is 0.615. The van der Waals surface area contributed by atoms with E-state index in [-0.39, 0.29) is 11.8 Å². The second-order valence-corrected chi connectivity index (χ2v) is 7.98. The summed E-state index contributed by atoms with van der Waals surface area (Å²) in [7, 11) is 0.422. The van der Waals surface area contributed by atoms with Crippen LogP contribution in [0.1, 0.15) is 28.8 Å². The van der Waals surface area contributed by atoms with Crippen LogP contribution in [-0.2, 0) is 22.1 Å². The molecule has 0 saturated carbocycles. The first kappa shape index (κ1) is 17.0. The lowest BCUT2D eigenvalue weighted by Gasteiger charge is -2.02. The van der Waals surface area contributed by atoms with Gasteiger partial charge in [-0.25, -0.2) is 4.98 Å². The molecule has 1 aromatic heterocycles. The van der Waals surface area contributed by atoms with Crippen molar-refractivity contribution in [2.24, 2.45) is 0 Å². The Balaban J connectivity index is 2.30. The molecule has 0 unspecified atom stereocenters. The van der Waals surface area contributed by atoms with E-state index >= 15 is 0 Å². The number of nitrogens with one attached hydrogen (secondary N) is 2. The van der Waals surface area contributed by atoms with Crippen molar-refractivity contribution < 1.29 is 9.59 Å². The summed E-state index contributed by atoms with van der Waals surface area (Å²) in [5, 5.41) is 8.23. The minimum absolute atomic E-state index is 0.0506. The predicted molar refractivity (Wildman–Crippen MR) is 85.5 cm³/mol. The van der Waals surface area contributed by atoms with E-state index in [1.54, 1.807) is 5.38 Å². The number of nitrogens with zero attached hydrogens (tertiary/aromatic N) is 1. The molecule has 0 atom stereocenters. The molecule has 5 nitrogen and oxygen atoms in total. The highest BCUT2D eigenvalue weighted by Gasteiger charge is 2.10. The highest BCUT2D eigenvalue weighted by atomic mass is 32.2. The number of hydrogen-bond acceptors (Lipinski definition) is 4. The first-order chi connectivity index (χ1) is 9.49. The molecule has 0 aromatic carbocycles. The van der Waals surface area contributed by atoms with Gasteiger partial charge in [-0.1, -0.05) is 0 Å². The third kappa shape index (κ3) is 6.91. The van der Waals surface area contributed by atoms with E-state index in [0.717, 1.165) is 17.2 Å². The largest absolute Gasteiger partial charge is 0.356 e. The topological polar surface area (TPSA) is 71.1 Å². The summed E-state index contributed by atoms with van der Waals surface area (Å²) in [6, 6.07) is 0. The van der Waals surface area contributed by atoms with Gasteiger partial charge in [-0.3, -0.25) is 9.59 Å². The zero-order chi connectivity index (χ0) is 15.0. The highest BCUT2D eigenvalue weighted by Crippen LogP contribution is 2.10. The van der Waals surface area contributed by atoms with Gasteiger partial charge in [-0.15, -0.1) is 11.3 Å². The van der Waals surface area contributed by atoms with E-state index in [0.29, 0.717) is 36.1 Å². The van der Waals surface area contributed by atoms with Crippen LogP contribution in [0.4, 0.5) is 0 Å². The second kappa shape index (κ2) is 8.97. The van der Waals surface area contributed by atoms with Gasteiger partial charge in [0.1, 0.15) is 11.4 Å². The molecule has 0 aliphatic carbocycles.